The van der Waals surface area contributed by atoms with Crippen LogP contribution >= 0.6 is 27.5 Å². The monoisotopic (exact) mass is 316 g/mol. The highest BCUT2D eigenvalue weighted by Crippen LogP contribution is 2.32. The minimum Gasteiger partial charge on any atom is -0.404 e. The minimum atomic E-state index is -4.83. The van der Waals surface area contributed by atoms with Crippen molar-refractivity contribution in [3.63, 3.8) is 0 Å². The van der Waals surface area contributed by atoms with Crippen molar-refractivity contribution in [2.24, 2.45) is 0 Å². The zero-order valence-electron chi connectivity index (χ0n) is 7.65. The molecule has 7 heteroatoms. The summed E-state index contributed by atoms with van der Waals surface area (Å²) < 4.78 is 39.6. The third-order valence-corrected chi connectivity index (χ3v) is 2.51. The fourth-order valence-corrected chi connectivity index (χ4v) is 1.57. The number of hydrogen-bond donors (Lipinski definition) is 0. The molecule has 0 amide bonds. The Morgan fingerprint density at radius 1 is 1.44 bits per heavy atom. The molecule has 0 radical (unpaired) electrons. The minimum absolute atomic E-state index is 0.0136. The van der Waals surface area contributed by atoms with E-state index in [1.54, 1.807) is 0 Å². The van der Waals surface area contributed by atoms with E-state index in [9.17, 15) is 18.0 Å². The first-order valence-electron chi connectivity index (χ1n) is 3.98. The van der Waals surface area contributed by atoms with E-state index in [0.29, 0.717) is 0 Å². The maximum atomic E-state index is 12.0. The lowest BCUT2D eigenvalue weighted by atomic mass is 10.1. The maximum Gasteiger partial charge on any atom is 0.573 e. The average molecular weight is 317 g/mol. The summed E-state index contributed by atoms with van der Waals surface area (Å²) in [5.41, 5.74) is -0.0136. The molecule has 1 aromatic carbocycles. The van der Waals surface area contributed by atoms with E-state index < -0.39 is 17.9 Å². The molecule has 16 heavy (non-hydrogen) atoms. The molecule has 0 unspecified atom stereocenters. The van der Waals surface area contributed by atoms with E-state index in [1.807, 2.05) is 0 Å². The van der Waals surface area contributed by atoms with Gasteiger partial charge in [0.1, 0.15) is 5.75 Å². The van der Waals surface area contributed by atoms with Crippen LogP contribution in [0.1, 0.15) is 10.4 Å². The van der Waals surface area contributed by atoms with Gasteiger partial charge in [0.2, 0.25) is 0 Å². The molecule has 2 nitrogen and oxygen atoms in total. The van der Waals surface area contributed by atoms with Gasteiger partial charge in [-0.3, -0.25) is 4.79 Å². The molecule has 88 valence electrons. The first-order valence-corrected chi connectivity index (χ1v) is 5.48. The molecule has 1 rings (SSSR count). The van der Waals surface area contributed by atoms with E-state index >= 15 is 0 Å². The molecule has 0 bridgehead atoms. The van der Waals surface area contributed by atoms with Crippen molar-refractivity contribution >= 4 is 33.3 Å². The number of rotatable bonds is 3. The van der Waals surface area contributed by atoms with Crippen LogP contribution in [-0.4, -0.2) is 17.5 Å². The Morgan fingerprint density at radius 3 is 2.56 bits per heavy atom. The quantitative estimate of drug-likeness (QED) is 0.626. The number of ether oxygens (including phenoxy) is 1. The van der Waals surface area contributed by atoms with Crippen molar-refractivity contribution in [2.45, 2.75) is 6.36 Å². The molecule has 0 spiro atoms. The predicted octanol–water partition coefficient (Wildman–Crippen LogP) is 3.82. The second kappa shape index (κ2) is 5.05. The maximum absolute atomic E-state index is 12.0. The van der Waals surface area contributed by atoms with Crippen molar-refractivity contribution in [2.75, 3.05) is 5.33 Å². The van der Waals surface area contributed by atoms with E-state index in [4.69, 9.17) is 11.6 Å². The van der Waals surface area contributed by atoms with E-state index in [-0.39, 0.29) is 15.9 Å². The first-order chi connectivity index (χ1) is 7.35. The Labute approximate surface area is 102 Å². The summed E-state index contributed by atoms with van der Waals surface area (Å²) in [5.74, 6) is -1.00. The van der Waals surface area contributed by atoms with E-state index in [2.05, 4.69) is 20.7 Å². The van der Waals surface area contributed by atoms with Gasteiger partial charge in [0.15, 0.2) is 5.78 Å². The number of alkyl halides is 4. The third-order valence-electron chi connectivity index (χ3n) is 1.61. The van der Waals surface area contributed by atoms with Gasteiger partial charge >= 0.3 is 6.36 Å². The van der Waals surface area contributed by atoms with Gasteiger partial charge in [0.05, 0.1) is 10.4 Å². The molecular formula is C9H5BrClF3O2. The van der Waals surface area contributed by atoms with Gasteiger partial charge < -0.3 is 4.74 Å². The van der Waals surface area contributed by atoms with Gasteiger partial charge in [0, 0.05) is 5.56 Å². The molecule has 0 saturated carbocycles. The van der Waals surface area contributed by atoms with Crippen LogP contribution in [0.3, 0.4) is 0 Å². The molecule has 0 fully saturated rings. The smallest absolute Gasteiger partial charge is 0.404 e. The Hall–Kier alpha value is -0.750. The summed E-state index contributed by atoms with van der Waals surface area (Å²) in [6.07, 6.45) is -4.83. The second-order valence-corrected chi connectivity index (χ2v) is 3.66. The van der Waals surface area contributed by atoms with Gasteiger partial charge in [-0.15, -0.1) is 13.2 Å². The van der Waals surface area contributed by atoms with Crippen LogP contribution in [0.15, 0.2) is 18.2 Å². The SMILES string of the molecule is O=C(CBr)c1cccc(OC(F)(F)F)c1Cl. The zero-order chi connectivity index (χ0) is 12.3. The molecule has 0 aromatic heterocycles. The van der Waals surface area contributed by atoms with E-state index in [1.165, 1.54) is 12.1 Å². The molecule has 0 saturated heterocycles. The lowest BCUT2D eigenvalue weighted by molar-refractivity contribution is -0.274. The van der Waals surface area contributed by atoms with Crippen LogP contribution in [0.4, 0.5) is 13.2 Å². The number of benzene rings is 1. The summed E-state index contributed by atoms with van der Waals surface area (Å²) in [5, 5.41) is -0.369. The number of hydrogen-bond acceptors (Lipinski definition) is 2. The predicted molar refractivity (Wildman–Crippen MR) is 56.3 cm³/mol. The van der Waals surface area contributed by atoms with Crippen LogP contribution in [-0.2, 0) is 0 Å². The highest BCUT2D eigenvalue weighted by Gasteiger charge is 2.32. The lowest BCUT2D eigenvalue weighted by Gasteiger charge is -2.11. The summed E-state index contributed by atoms with van der Waals surface area (Å²) in [4.78, 5) is 11.3. The second-order valence-electron chi connectivity index (χ2n) is 2.72. The fraction of sp³-hybridized carbons (Fsp3) is 0.222. The van der Waals surface area contributed by atoms with Gasteiger partial charge in [-0.05, 0) is 12.1 Å². The first kappa shape index (κ1) is 13.3. The Morgan fingerprint density at radius 2 is 2.06 bits per heavy atom. The topological polar surface area (TPSA) is 26.3 Å². The molecule has 0 aliphatic heterocycles. The molecule has 0 heterocycles. The summed E-state index contributed by atoms with van der Waals surface area (Å²) in [6.45, 7) is 0. The van der Waals surface area contributed by atoms with Crippen LogP contribution in [0.2, 0.25) is 5.02 Å². The van der Waals surface area contributed by atoms with Crippen LogP contribution in [0.5, 0.6) is 5.75 Å². The van der Waals surface area contributed by atoms with Gasteiger partial charge in [-0.2, -0.15) is 0 Å². The van der Waals surface area contributed by atoms with Crippen LogP contribution < -0.4 is 4.74 Å². The zero-order valence-corrected chi connectivity index (χ0v) is 9.99. The molecule has 0 aliphatic rings. The van der Waals surface area contributed by atoms with Crippen molar-refractivity contribution < 1.29 is 22.7 Å². The van der Waals surface area contributed by atoms with Gasteiger partial charge in [-0.1, -0.05) is 33.6 Å². The van der Waals surface area contributed by atoms with Crippen molar-refractivity contribution in [3.05, 3.63) is 28.8 Å². The van der Waals surface area contributed by atoms with Crippen molar-refractivity contribution in [1.29, 1.82) is 0 Å². The fourth-order valence-electron chi connectivity index (χ4n) is 1.00. The Bertz CT molecular complexity index is 406. The molecule has 1 aromatic rings. The van der Waals surface area contributed by atoms with Crippen LogP contribution in [0.25, 0.3) is 0 Å². The summed E-state index contributed by atoms with van der Waals surface area (Å²) in [7, 11) is 0. The number of halogens is 5. The molecule has 0 atom stereocenters. The number of carbonyl (C=O) groups excluding carboxylic acids is 1. The van der Waals surface area contributed by atoms with Crippen molar-refractivity contribution in [3.8, 4) is 5.75 Å². The summed E-state index contributed by atoms with van der Waals surface area (Å²) >= 11 is 8.52. The Balaban J connectivity index is 3.09. The number of Topliss-reactive ketones (excluding diaryl/α,β-unsaturated/α-hetero) is 1. The van der Waals surface area contributed by atoms with Gasteiger partial charge in [0.25, 0.3) is 0 Å². The number of carbonyl (C=O) groups is 1. The number of ketones is 1. The lowest BCUT2D eigenvalue weighted by Crippen LogP contribution is -2.18. The highest BCUT2D eigenvalue weighted by molar-refractivity contribution is 9.09. The summed E-state index contributed by atoms with van der Waals surface area (Å²) in [6, 6.07) is 3.64. The third kappa shape index (κ3) is 3.38. The normalized spacial score (nSPS) is 11.3. The Kier molecular flexibility index (Phi) is 4.21. The average Bonchev–Trinajstić information content (AvgIpc) is 2.18. The van der Waals surface area contributed by atoms with Crippen LogP contribution in [0, 0.1) is 0 Å². The standard InChI is InChI=1S/C9H5BrClF3O2/c10-4-6(15)5-2-1-3-7(8(5)11)16-9(12,13)14/h1-3H,4H2. The largest absolute Gasteiger partial charge is 0.573 e. The highest BCUT2D eigenvalue weighted by atomic mass is 79.9. The molecule has 0 N–H and O–H groups in total. The van der Waals surface area contributed by atoms with Crippen molar-refractivity contribution in [1.82, 2.24) is 0 Å². The van der Waals surface area contributed by atoms with Gasteiger partial charge in [-0.25, -0.2) is 0 Å². The molecular weight excluding hydrogens is 312 g/mol. The van der Waals surface area contributed by atoms with E-state index in [0.717, 1.165) is 6.07 Å². The molecule has 0 aliphatic carbocycles.